The quantitative estimate of drug-likeness (QED) is 0.104. The standard InChI is InChI=1S/C56H87NO15/c1-34-17-12-11-13-18-35(2)47(67-8)31-43-23-21-40(7)56(66,72-43)53(63)54(64)57-25-15-14-20-44(57)55(65)71-48(32-45(60)36(3)28-39(6)51(62)52(69-10)50(61)38(5)27-34)37(4)29-41-22-24-46(49(30-41)68-9)70-26-16-19-42(59)33-58/h11-13,16-19,28,34,36-38,40-44,46-49,51-52,58-59,62,66H,14-15,20-27,29-33H2,1-10H3/b13-11+,17-12-,19-16+,35-18+,39-28+/t34-,36-,37-,38-,40-,41-,42?,43+,44+,46-,47+,48+,49-,51-,52+,56-/m1/s1. The van der Waals surface area contributed by atoms with E-state index in [9.17, 15) is 39.3 Å². The Morgan fingerprint density at radius 1 is 0.875 bits per heavy atom. The number of fused-ring (bicyclic) bond motifs is 3. The van der Waals surface area contributed by atoms with Crippen molar-refractivity contribution >= 4 is 29.2 Å². The highest BCUT2D eigenvalue weighted by Gasteiger charge is 2.53. The largest absolute Gasteiger partial charge is 0.460 e. The number of hydrogen-bond donors (Lipinski definition) is 4. The molecule has 16 heteroatoms. The van der Waals surface area contributed by atoms with Crippen LogP contribution in [-0.2, 0) is 52.4 Å². The summed E-state index contributed by atoms with van der Waals surface area (Å²) in [6.45, 7) is 12.6. The highest BCUT2D eigenvalue weighted by molar-refractivity contribution is 6.39. The Morgan fingerprint density at radius 3 is 2.29 bits per heavy atom. The molecule has 72 heavy (non-hydrogen) atoms. The molecule has 16 nitrogen and oxygen atoms in total. The number of piperidine rings is 1. The Balaban J connectivity index is 1.67. The average molecular weight is 1010 g/mol. The third-order valence-corrected chi connectivity index (χ3v) is 15.4. The number of esters is 1. The molecule has 1 aliphatic carbocycles. The summed E-state index contributed by atoms with van der Waals surface area (Å²) in [7, 11) is 4.57. The SMILES string of the molecule is CO[C@H]1C[C@@H]2CC[C@@H](C)[C@@](O)(O2)C(=O)C(=O)N2CCCC[C@H]2C(=O)O[C@H]([C@H](C)C[C@H]2CC[C@@H](OC/C=C/C(O)CO)[C@H](OC)C2)CC(=O)[C@H](C)/C=C(\C)[C@@H](O)[C@@H](OC)C(=O)[C@H](C)C[C@H](C)\C=C/C=C/C=C/1C. The predicted octanol–water partition coefficient (Wildman–Crippen LogP) is 6.11. The molecule has 406 valence electrons. The summed E-state index contributed by atoms with van der Waals surface area (Å²) in [5.74, 6) is -8.14. The van der Waals surface area contributed by atoms with Crippen LogP contribution in [0.25, 0.3) is 0 Å². The van der Waals surface area contributed by atoms with Crippen molar-refractivity contribution in [3.63, 3.8) is 0 Å². The Hall–Kier alpha value is -3.71. The summed E-state index contributed by atoms with van der Waals surface area (Å²) < 4.78 is 35.9. The number of nitrogens with zero attached hydrogens (tertiary/aromatic N) is 1. The Bertz CT molecular complexity index is 1940. The van der Waals surface area contributed by atoms with Gasteiger partial charge >= 0.3 is 5.97 Å². The fourth-order valence-electron chi connectivity index (χ4n) is 10.7. The van der Waals surface area contributed by atoms with E-state index in [2.05, 4.69) is 0 Å². The van der Waals surface area contributed by atoms with Crippen molar-refractivity contribution in [2.24, 2.45) is 35.5 Å². The number of amides is 1. The number of hydrogen-bond acceptors (Lipinski definition) is 15. The summed E-state index contributed by atoms with van der Waals surface area (Å²) in [6.07, 6.45) is 13.8. The van der Waals surface area contributed by atoms with E-state index in [0.29, 0.717) is 63.4 Å². The molecule has 4 aliphatic rings. The first-order valence-electron chi connectivity index (χ1n) is 26.2. The zero-order valence-corrected chi connectivity index (χ0v) is 44.6. The number of aliphatic hydroxyl groups is 4. The maximum Gasteiger partial charge on any atom is 0.329 e. The van der Waals surface area contributed by atoms with Crippen LogP contribution in [-0.4, -0.2) is 156 Å². The van der Waals surface area contributed by atoms with Crippen LogP contribution >= 0.6 is 0 Å². The molecule has 4 N–H and O–H groups in total. The van der Waals surface area contributed by atoms with Crippen molar-refractivity contribution < 1.29 is 72.8 Å². The lowest BCUT2D eigenvalue weighted by Crippen LogP contribution is -2.61. The van der Waals surface area contributed by atoms with Crippen LogP contribution in [0.4, 0.5) is 0 Å². The molecule has 1 unspecified atom stereocenters. The van der Waals surface area contributed by atoms with Gasteiger partial charge in [-0.3, -0.25) is 19.2 Å². The van der Waals surface area contributed by atoms with Crippen molar-refractivity contribution in [2.75, 3.05) is 41.1 Å². The van der Waals surface area contributed by atoms with Gasteiger partial charge in [0.15, 0.2) is 5.78 Å². The third kappa shape index (κ3) is 16.9. The molecule has 1 saturated carbocycles. The van der Waals surface area contributed by atoms with Gasteiger partial charge in [0, 0.05) is 58.5 Å². The van der Waals surface area contributed by atoms with Gasteiger partial charge in [0.2, 0.25) is 5.79 Å². The van der Waals surface area contributed by atoms with Gasteiger partial charge in [-0.15, -0.1) is 0 Å². The van der Waals surface area contributed by atoms with Gasteiger partial charge < -0.3 is 53.7 Å². The van der Waals surface area contributed by atoms with Crippen LogP contribution in [0.2, 0.25) is 0 Å². The first-order valence-corrected chi connectivity index (χ1v) is 26.2. The maximum atomic E-state index is 14.5. The summed E-state index contributed by atoms with van der Waals surface area (Å²) in [5.41, 5.74) is 1.25. The average Bonchev–Trinajstić information content (AvgIpc) is 3.36. The summed E-state index contributed by atoms with van der Waals surface area (Å²) in [5, 5.41) is 42.3. The molecule has 2 bridgehead atoms. The van der Waals surface area contributed by atoms with E-state index < -0.39 is 90.5 Å². The number of rotatable bonds is 11. The molecule has 3 heterocycles. The van der Waals surface area contributed by atoms with Gasteiger partial charge in [-0.2, -0.15) is 0 Å². The van der Waals surface area contributed by atoms with Crippen molar-refractivity contribution in [1.82, 2.24) is 4.90 Å². The molecule has 0 aromatic carbocycles. The van der Waals surface area contributed by atoms with Crippen LogP contribution in [0, 0.1) is 35.5 Å². The molecule has 3 aliphatic heterocycles. The lowest BCUT2D eigenvalue weighted by atomic mass is 9.78. The number of methoxy groups -OCH3 is 3. The lowest BCUT2D eigenvalue weighted by Gasteiger charge is -2.42. The predicted molar refractivity (Wildman–Crippen MR) is 271 cm³/mol. The van der Waals surface area contributed by atoms with Crippen molar-refractivity contribution in [3.05, 3.63) is 59.8 Å². The van der Waals surface area contributed by atoms with Gasteiger partial charge in [0.25, 0.3) is 11.7 Å². The van der Waals surface area contributed by atoms with E-state index in [1.807, 2.05) is 58.1 Å². The van der Waals surface area contributed by atoms with E-state index in [0.717, 1.165) is 12.0 Å². The van der Waals surface area contributed by atoms with E-state index >= 15 is 0 Å². The minimum absolute atomic E-state index is 0.00707. The molecule has 0 aromatic rings. The van der Waals surface area contributed by atoms with Gasteiger partial charge in [-0.05, 0) is 107 Å². The van der Waals surface area contributed by atoms with Crippen LogP contribution < -0.4 is 0 Å². The molecular weight excluding hydrogens is 927 g/mol. The lowest BCUT2D eigenvalue weighted by molar-refractivity contribution is -0.265. The summed E-state index contributed by atoms with van der Waals surface area (Å²) in [6, 6.07) is -1.16. The van der Waals surface area contributed by atoms with E-state index in [1.165, 1.54) is 18.1 Å². The number of aliphatic hydroxyl groups excluding tert-OH is 3. The fourth-order valence-corrected chi connectivity index (χ4v) is 10.7. The third-order valence-electron chi connectivity index (χ3n) is 15.4. The second-order valence-electron chi connectivity index (χ2n) is 21.1. The number of ketones is 3. The van der Waals surface area contributed by atoms with E-state index in [1.54, 1.807) is 47.1 Å². The monoisotopic (exact) mass is 1010 g/mol. The Labute approximate surface area is 428 Å². The smallest absolute Gasteiger partial charge is 0.329 e. The van der Waals surface area contributed by atoms with Gasteiger partial charge in [-0.25, -0.2) is 4.79 Å². The van der Waals surface area contributed by atoms with Crippen molar-refractivity contribution in [1.29, 1.82) is 0 Å². The molecule has 2 saturated heterocycles. The molecule has 3 fully saturated rings. The van der Waals surface area contributed by atoms with Crippen LogP contribution in [0.5, 0.6) is 0 Å². The number of allylic oxidation sites excluding steroid dienone is 6. The number of carbonyl (C=O) groups is 5. The minimum atomic E-state index is -2.45. The number of ether oxygens (including phenoxy) is 6. The van der Waals surface area contributed by atoms with Gasteiger partial charge in [0.1, 0.15) is 30.1 Å². The van der Waals surface area contributed by atoms with Crippen LogP contribution in [0.15, 0.2) is 59.8 Å². The van der Waals surface area contributed by atoms with E-state index in [4.69, 9.17) is 33.5 Å². The van der Waals surface area contributed by atoms with Crippen LogP contribution in [0.3, 0.4) is 0 Å². The second kappa shape index (κ2) is 29.4. The Kier molecular flexibility index (Phi) is 24.8. The minimum Gasteiger partial charge on any atom is -0.460 e. The second-order valence-corrected chi connectivity index (χ2v) is 21.1. The first-order chi connectivity index (χ1) is 34.2. The maximum absolute atomic E-state index is 14.5. The number of carbonyl (C=O) groups excluding carboxylic acids is 5. The fraction of sp³-hybridized carbons (Fsp3) is 0.732. The first kappa shape index (κ1) is 60.8. The highest BCUT2D eigenvalue weighted by Crippen LogP contribution is 2.38. The summed E-state index contributed by atoms with van der Waals surface area (Å²) in [4.78, 5) is 72.4. The topological polar surface area (TPSA) is 225 Å². The van der Waals surface area contributed by atoms with Gasteiger partial charge in [-0.1, -0.05) is 83.2 Å². The molecule has 4 rings (SSSR count). The number of Topliss-reactive ketones (excluding diaryl/α,β-unsaturated/α-hetero) is 3. The summed E-state index contributed by atoms with van der Waals surface area (Å²) >= 11 is 0. The zero-order valence-electron chi connectivity index (χ0n) is 44.6. The number of cyclic esters (lactones) is 1. The van der Waals surface area contributed by atoms with Crippen LogP contribution in [0.1, 0.15) is 126 Å². The van der Waals surface area contributed by atoms with Crippen molar-refractivity contribution in [3.8, 4) is 0 Å². The van der Waals surface area contributed by atoms with E-state index in [-0.39, 0.29) is 67.5 Å². The van der Waals surface area contributed by atoms with Crippen molar-refractivity contribution in [2.45, 2.75) is 186 Å². The molecule has 16 atom stereocenters. The normalized spacial score (nSPS) is 38.2. The Morgan fingerprint density at radius 2 is 1.61 bits per heavy atom. The zero-order chi connectivity index (χ0) is 53.3. The highest BCUT2D eigenvalue weighted by atomic mass is 16.6. The molecule has 0 spiro atoms. The molecular formula is C56H87NO15. The van der Waals surface area contributed by atoms with Gasteiger partial charge in [0.05, 0.1) is 43.7 Å². The molecule has 0 aromatic heterocycles. The molecule has 1 amide bonds. The molecule has 0 radical (unpaired) electrons.